The second-order valence-electron chi connectivity index (χ2n) is 15.7. The molecule has 1 rings (SSSR count). The third-order valence-corrected chi connectivity index (χ3v) is 11.1. The van der Waals surface area contributed by atoms with Gasteiger partial charge in [-0.25, -0.2) is 4.57 Å². The maximum Gasteiger partial charge on any atom is 0.472 e. The Bertz CT molecular complexity index is 1160. The molecule has 58 heavy (non-hydrogen) atoms. The van der Waals surface area contributed by atoms with Crippen LogP contribution in [0.25, 0.3) is 0 Å². The third kappa shape index (κ3) is 35.8. The molecule has 10 nitrogen and oxygen atoms in total. The largest absolute Gasteiger partial charge is 0.472 e. The smallest absolute Gasteiger partial charge is 0.462 e. The van der Waals surface area contributed by atoms with Gasteiger partial charge in [0.1, 0.15) is 6.61 Å². The molecular weight excluding hydrogens is 753 g/mol. The first-order valence-corrected chi connectivity index (χ1v) is 24.7. The van der Waals surface area contributed by atoms with Gasteiger partial charge in [0, 0.05) is 19.4 Å². The second kappa shape index (κ2) is 39.1. The molecule has 0 aliphatic carbocycles. The molecule has 1 aliphatic rings. The molecule has 0 aromatic carbocycles. The maximum atomic E-state index is 12.6. The number of carbonyl (C=O) groups is 2. The van der Waals surface area contributed by atoms with E-state index in [2.05, 4.69) is 62.5 Å². The highest BCUT2D eigenvalue weighted by Crippen LogP contribution is 2.43. The zero-order valence-electron chi connectivity index (χ0n) is 36.7. The summed E-state index contributed by atoms with van der Waals surface area (Å²) >= 11 is 0. The van der Waals surface area contributed by atoms with Gasteiger partial charge in [-0.05, 0) is 77.0 Å². The molecule has 4 atom stereocenters. The Balaban J connectivity index is 2.19. The first-order chi connectivity index (χ1) is 28.3. The SMILES string of the molecule is CCCCC/C=C\C/C=C\CC1OC1C/C=C\CCCC(=O)OC[C@H](COP(=O)(O)OCCN)OC(=O)CCCCCCCCCCC/C=C\CCCCCCCC. The number of rotatable bonds is 42. The quantitative estimate of drug-likeness (QED) is 0.0200. The molecule has 336 valence electrons. The number of phosphoric ester groups is 1. The Kier molecular flexibility index (Phi) is 36.4. The minimum absolute atomic E-state index is 0.0421. The topological polar surface area (TPSA) is 147 Å². The molecule has 3 unspecified atom stereocenters. The third-order valence-electron chi connectivity index (χ3n) is 10.1. The highest BCUT2D eigenvalue weighted by Gasteiger charge is 2.36. The molecule has 1 heterocycles. The van der Waals surface area contributed by atoms with Crippen LogP contribution in [0.5, 0.6) is 0 Å². The van der Waals surface area contributed by atoms with Gasteiger partial charge in [0.25, 0.3) is 0 Å². The summed E-state index contributed by atoms with van der Waals surface area (Å²) in [5, 5.41) is 0. The van der Waals surface area contributed by atoms with E-state index in [-0.39, 0.29) is 44.8 Å². The predicted octanol–water partition coefficient (Wildman–Crippen LogP) is 12.5. The summed E-state index contributed by atoms with van der Waals surface area (Å²) in [6.45, 7) is 3.63. The summed E-state index contributed by atoms with van der Waals surface area (Å²) in [5.41, 5.74) is 5.35. The van der Waals surface area contributed by atoms with Gasteiger partial charge in [0.2, 0.25) is 0 Å². The zero-order valence-corrected chi connectivity index (χ0v) is 37.6. The number of nitrogens with two attached hydrogens (primary N) is 1. The number of phosphoric acid groups is 1. The molecule has 0 aromatic heterocycles. The number of ether oxygens (including phenoxy) is 3. The minimum atomic E-state index is -4.40. The van der Waals surface area contributed by atoms with Crippen molar-refractivity contribution in [2.75, 3.05) is 26.4 Å². The molecule has 1 saturated heterocycles. The van der Waals surface area contributed by atoms with Gasteiger partial charge in [0.15, 0.2) is 6.10 Å². The van der Waals surface area contributed by atoms with Crippen LogP contribution in [-0.4, -0.2) is 61.5 Å². The van der Waals surface area contributed by atoms with Crippen molar-refractivity contribution in [2.24, 2.45) is 5.73 Å². The lowest BCUT2D eigenvalue weighted by Crippen LogP contribution is -2.29. The molecule has 0 amide bonds. The van der Waals surface area contributed by atoms with E-state index < -0.39 is 32.5 Å². The Morgan fingerprint density at radius 3 is 1.69 bits per heavy atom. The van der Waals surface area contributed by atoms with Gasteiger partial charge in [-0.3, -0.25) is 18.6 Å². The maximum absolute atomic E-state index is 12.6. The van der Waals surface area contributed by atoms with Crippen molar-refractivity contribution in [1.82, 2.24) is 0 Å². The number of carbonyl (C=O) groups excluding carboxylic acids is 2. The number of epoxide rings is 1. The number of unbranched alkanes of at least 4 members (excludes halogenated alkanes) is 19. The van der Waals surface area contributed by atoms with E-state index >= 15 is 0 Å². The molecule has 11 heteroatoms. The van der Waals surface area contributed by atoms with E-state index in [1.165, 1.54) is 103 Å². The molecule has 0 bridgehead atoms. The fourth-order valence-electron chi connectivity index (χ4n) is 6.49. The van der Waals surface area contributed by atoms with Crippen LogP contribution in [0.15, 0.2) is 48.6 Å². The molecule has 0 spiro atoms. The monoisotopic (exact) mass is 838 g/mol. The van der Waals surface area contributed by atoms with Crippen molar-refractivity contribution < 1.29 is 42.3 Å². The molecule has 0 aromatic rings. The molecule has 0 radical (unpaired) electrons. The summed E-state index contributed by atoms with van der Waals surface area (Å²) in [6.07, 6.45) is 47.4. The summed E-state index contributed by atoms with van der Waals surface area (Å²) in [7, 11) is -4.40. The Hall–Kier alpha value is -2.07. The van der Waals surface area contributed by atoms with Crippen LogP contribution < -0.4 is 5.73 Å². The fourth-order valence-corrected chi connectivity index (χ4v) is 7.25. The second-order valence-corrected chi connectivity index (χ2v) is 17.1. The van der Waals surface area contributed by atoms with Gasteiger partial charge in [-0.1, -0.05) is 152 Å². The van der Waals surface area contributed by atoms with E-state index in [0.717, 1.165) is 51.4 Å². The first kappa shape index (κ1) is 53.9. The number of hydrogen-bond donors (Lipinski definition) is 2. The van der Waals surface area contributed by atoms with E-state index in [0.29, 0.717) is 12.8 Å². The molecule has 0 saturated carbocycles. The lowest BCUT2D eigenvalue weighted by Gasteiger charge is -2.19. The molecule has 1 fully saturated rings. The Morgan fingerprint density at radius 2 is 1.07 bits per heavy atom. The van der Waals surface area contributed by atoms with Crippen LogP contribution in [0.2, 0.25) is 0 Å². The minimum Gasteiger partial charge on any atom is -0.462 e. The average Bonchev–Trinajstić information content (AvgIpc) is 3.97. The van der Waals surface area contributed by atoms with Gasteiger partial charge >= 0.3 is 19.8 Å². The van der Waals surface area contributed by atoms with Crippen molar-refractivity contribution in [3.05, 3.63) is 48.6 Å². The molecule has 1 aliphatic heterocycles. The first-order valence-electron chi connectivity index (χ1n) is 23.2. The fraction of sp³-hybridized carbons (Fsp3) is 0.787. The molecular formula is C47H84NO9P. The van der Waals surface area contributed by atoms with Crippen LogP contribution in [0.3, 0.4) is 0 Å². The summed E-state index contributed by atoms with van der Waals surface area (Å²) in [5.74, 6) is -0.903. The van der Waals surface area contributed by atoms with Crippen molar-refractivity contribution in [3.63, 3.8) is 0 Å². The van der Waals surface area contributed by atoms with Crippen molar-refractivity contribution in [1.29, 1.82) is 0 Å². The van der Waals surface area contributed by atoms with Gasteiger partial charge in [-0.2, -0.15) is 0 Å². The highest BCUT2D eigenvalue weighted by atomic mass is 31.2. The van der Waals surface area contributed by atoms with Crippen LogP contribution in [0, 0.1) is 0 Å². The van der Waals surface area contributed by atoms with Crippen molar-refractivity contribution >= 4 is 19.8 Å². The number of allylic oxidation sites excluding steroid dienone is 6. The van der Waals surface area contributed by atoms with Gasteiger partial charge < -0.3 is 24.8 Å². The van der Waals surface area contributed by atoms with Crippen LogP contribution in [-0.2, 0) is 37.4 Å². The van der Waals surface area contributed by atoms with Crippen LogP contribution in [0.4, 0.5) is 0 Å². The normalized spacial score (nSPS) is 17.2. The van der Waals surface area contributed by atoms with E-state index in [4.69, 9.17) is 29.0 Å². The lowest BCUT2D eigenvalue weighted by molar-refractivity contribution is -0.161. The lowest BCUT2D eigenvalue weighted by atomic mass is 10.1. The van der Waals surface area contributed by atoms with Crippen molar-refractivity contribution in [3.8, 4) is 0 Å². The molecule has 3 N–H and O–H groups in total. The number of esters is 2. The van der Waals surface area contributed by atoms with Crippen LogP contribution in [0.1, 0.15) is 194 Å². The average molecular weight is 838 g/mol. The van der Waals surface area contributed by atoms with Gasteiger partial charge in [0.05, 0.1) is 25.4 Å². The zero-order chi connectivity index (χ0) is 42.2. The van der Waals surface area contributed by atoms with E-state index in [1.807, 2.05) is 0 Å². The summed E-state index contributed by atoms with van der Waals surface area (Å²) < 4.78 is 38.6. The van der Waals surface area contributed by atoms with Crippen molar-refractivity contribution in [2.45, 2.75) is 212 Å². The summed E-state index contributed by atoms with van der Waals surface area (Å²) in [4.78, 5) is 35.0. The number of hydrogen-bond acceptors (Lipinski definition) is 9. The van der Waals surface area contributed by atoms with Gasteiger partial charge in [-0.15, -0.1) is 0 Å². The van der Waals surface area contributed by atoms with Crippen LogP contribution >= 0.6 is 7.82 Å². The highest BCUT2D eigenvalue weighted by molar-refractivity contribution is 7.47. The van der Waals surface area contributed by atoms with E-state index in [9.17, 15) is 19.0 Å². The Labute approximate surface area is 353 Å². The Morgan fingerprint density at radius 1 is 0.603 bits per heavy atom. The summed E-state index contributed by atoms with van der Waals surface area (Å²) in [6, 6.07) is 0. The predicted molar refractivity (Wildman–Crippen MR) is 237 cm³/mol. The standard InChI is InChI=1S/C47H84NO9P/c1-3-5-7-9-11-13-14-15-16-17-18-19-20-21-22-24-26-28-34-38-47(50)56-43(42-55-58(51,52)54-40-39-48)41-53-46(49)37-33-30-29-32-36-45-44(57-45)35-31-27-25-23-12-10-8-6-4-2/h12,15-16,23,27,29,31-32,43-45H,3-11,13-14,17-22,24-26,28,30,33-42,48H2,1-2H3,(H,51,52)/b16-15-,23-12-,31-27-,32-29-/t43-,44?,45?/m1/s1. The van der Waals surface area contributed by atoms with E-state index in [1.54, 1.807) is 0 Å².